The Bertz CT molecular complexity index is 677. The molecule has 0 aliphatic rings. The van der Waals surface area contributed by atoms with Crippen LogP contribution in [0.25, 0.3) is 10.1 Å². The molecule has 19 heavy (non-hydrogen) atoms. The SMILES string of the molecule is CSCc1nnc(SCc2csc3ccccc23)o1. The van der Waals surface area contributed by atoms with Crippen LogP contribution in [0.1, 0.15) is 11.5 Å². The minimum Gasteiger partial charge on any atom is -0.415 e. The van der Waals surface area contributed by atoms with Gasteiger partial charge in [0.15, 0.2) is 0 Å². The lowest BCUT2D eigenvalue weighted by molar-refractivity contribution is 0.426. The number of thiophene rings is 1. The fourth-order valence-corrected chi connectivity index (χ4v) is 3.97. The maximum Gasteiger partial charge on any atom is 0.276 e. The summed E-state index contributed by atoms with van der Waals surface area (Å²) in [5.41, 5.74) is 1.33. The summed E-state index contributed by atoms with van der Waals surface area (Å²) in [5.74, 6) is 2.34. The van der Waals surface area contributed by atoms with E-state index < -0.39 is 0 Å². The zero-order chi connectivity index (χ0) is 13.1. The van der Waals surface area contributed by atoms with E-state index in [0.29, 0.717) is 11.1 Å². The smallest absolute Gasteiger partial charge is 0.276 e. The highest BCUT2D eigenvalue weighted by Gasteiger charge is 2.08. The summed E-state index contributed by atoms with van der Waals surface area (Å²) < 4.78 is 6.88. The van der Waals surface area contributed by atoms with Crippen LogP contribution in [0.3, 0.4) is 0 Å². The van der Waals surface area contributed by atoms with E-state index in [0.717, 1.165) is 11.5 Å². The third-order valence-corrected chi connectivity index (χ3v) is 5.04. The van der Waals surface area contributed by atoms with Crippen LogP contribution in [-0.4, -0.2) is 16.5 Å². The second kappa shape index (κ2) is 5.98. The third-order valence-electron chi connectivity index (χ3n) is 2.63. The molecule has 0 fully saturated rings. The lowest BCUT2D eigenvalue weighted by Crippen LogP contribution is -1.78. The number of aromatic nitrogens is 2. The quantitative estimate of drug-likeness (QED) is 0.652. The van der Waals surface area contributed by atoms with E-state index >= 15 is 0 Å². The summed E-state index contributed by atoms with van der Waals surface area (Å²) in [6.07, 6.45) is 2.02. The molecule has 6 heteroatoms. The number of nitrogens with zero attached hydrogens (tertiary/aromatic N) is 2. The van der Waals surface area contributed by atoms with Crippen molar-refractivity contribution in [3.05, 3.63) is 41.1 Å². The molecule has 0 atom stereocenters. The van der Waals surface area contributed by atoms with Crippen LogP contribution in [0.2, 0.25) is 0 Å². The fourth-order valence-electron chi connectivity index (χ4n) is 1.76. The summed E-state index contributed by atoms with van der Waals surface area (Å²) in [5, 5.41) is 12.2. The van der Waals surface area contributed by atoms with Crippen LogP contribution in [0.5, 0.6) is 0 Å². The van der Waals surface area contributed by atoms with Gasteiger partial charge in [-0.25, -0.2) is 0 Å². The van der Waals surface area contributed by atoms with Crippen molar-refractivity contribution in [1.82, 2.24) is 10.2 Å². The fraction of sp³-hybridized carbons (Fsp3) is 0.231. The van der Waals surface area contributed by atoms with Gasteiger partial charge in [0.05, 0.1) is 5.75 Å². The van der Waals surface area contributed by atoms with E-state index in [1.54, 1.807) is 34.9 Å². The van der Waals surface area contributed by atoms with Gasteiger partial charge in [-0.1, -0.05) is 30.0 Å². The maximum atomic E-state index is 5.56. The van der Waals surface area contributed by atoms with E-state index in [1.807, 2.05) is 6.26 Å². The van der Waals surface area contributed by atoms with Gasteiger partial charge < -0.3 is 4.42 Å². The Hall–Kier alpha value is -0.980. The number of hydrogen-bond acceptors (Lipinski definition) is 6. The molecular formula is C13H12N2OS3. The Morgan fingerprint density at radius 3 is 3.00 bits per heavy atom. The predicted molar refractivity (Wildman–Crippen MR) is 82.9 cm³/mol. The maximum absolute atomic E-state index is 5.56. The highest BCUT2D eigenvalue weighted by atomic mass is 32.2. The number of fused-ring (bicyclic) bond motifs is 1. The first-order chi connectivity index (χ1) is 9.36. The molecule has 2 heterocycles. The first-order valence-electron chi connectivity index (χ1n) is 5.76. The molecule has 0 unspecified atom stereocenters. The van der Waals surface area contributed by atoms with Crippen LogP contribution >= 0.6 is 34.9 Å². The van der Waals surface area contributed by atoms with Crippen molar-refractivity contribution in [2.24, 2.45) is 0 Å². The molecule has 2 aromatic heterocycles. The highest BCUT2D eigenvalue weighted by molar-refractivity contribution is 7.98. The second-order valence-electron chi connectivity index (χ2n) is 3.94. The Balaban J connectivity index is 1.71. The average Bonchev–Trinajstić information content (AvgIpc) is 3.04. The molecule has 1 aromatic carbocycles. The predicted octanol–water partition coefficient (Wildman–Crippen LogP) is 4.44. The van der Waals surface area contributed by atoms with Crippen LogP contribution in [0.4, 0.5) is 0 Å². The Labute approximate surface area is 123 Å². The topological polar surface area (TPSA) is 38.9 Å². The molecule has 3 nitrogen and oxygen atoms in total. The van der Waals surface area contributed by atoms with Gasteiger partial charge in [-0.15, -0.1) is 21.5 Å². The Morgan fingerprint density at radius 1 is 1.21 bits per heavy atom. The van der Waals surface area contributed by atoms with Crippen molar-refractivity contribution in [2.75, 3.05) is 6.26 Å². The summed E-state index contributed by atoms with van der Waals surface area (Å²) in [6.45, 7) is 0. The lowest BCUT2D eigenvalue weighted by Gasteiger charge is -1.96. The van der Waals surface area contributed by atoms with E-state index in [1.165, 1.54) is 15.6 Å². The summed E-state index contributed by atoms with van der Waals surface area (Å²) in [4.78, 5) is 0. The van der Waals surface area contributed by atoms with E-state index in [-0.39, 0.29) is 0 Å². The molecule has 0 bridgehead atoms. The van der Waals surface area contributed by atoms with Crippen LogP contribution in [0, 0.1) is 0 Å². The highest BCUT2D eigenvalue weighted by Crippen LogP contribution is 2.30. The Kier molecular flexibility index (Phi) is 4.10. The van der Waals surface area contributed by atoms with Gasteiger partial charge in [0.2, 0.25) is 5.89 Å². The van der Waals surface area contributed by atoms with Crippen molar-refractivity contribution in [2.45, 2.75) is 16.7 Å². The molecule has 0 saturated heterocycles. The molecule has 0 radical (unpaired) electrons. The average molecular weight is 308 g/mol. The van der Waals surface area contributed by atoms with Crippen molar-refractivity contribution in [3.63, 3.8) is 0 Å². The molecule has 3 rings (SSSR count). The molecule has 0 N–H and O–H groups in total. The normalized spacial score (nSPS) is 11.2. The van der Waals surface area contributed by atoms with Gasteiger partial charge >= 0.3 is 0 Å². The summed E-state index contributed by atoms with van der Waals surface area (Å²) in [6, 6.07) is 8.46. The standard InChI is InChI=1S/C13H12N2OS3/c1-17-8-12-14-15-13(16-12)19-7-9-6-18-11-5-3-2-4-10(9)11/h2-6H,7-8H2,1H3. The number of thioether (sulfide) groups is 2. The van der Waals surface area contributed by atoms with Crippen molar-refractivity contribution >= 4 is 44.9 Å². The van der Waals surface area contributed by atoms with Gasteiger partial charge in [-0.2, -0.15) is 11.8 Å². The largest absolute Gasteiger partial charge is 0.415 e. The first-order valence-corrected chi connectivity index (χ1v) is 9.02. The zero-order valence-electron chi connectivity index (χ0n) is 10.3. The van der Waals surface area contributed by atoms with Gasteiger partial charge in [0.25, 0.3) is 5.22 Å². The van der Waals surface area contributed by atoms with E-state index in [4.69, 9.17) is 4.42 Å². The minimum atomic E-state index is 0.652. The Morgan fingerprint density at radius 2 is 2.11 bits per heavy atom. The van der Waals surface area contributed by atoms with Crippen LogP contribution in [-0.2, 0) is 11.5 Å². The van der Waals surface area contributed by atoms with E-state index in [2.05, 4.69) is 39.8 Å². The molecule has 0 amide bonds. The molecule has 0 aliphatic carbocycles. The molecule has 0 spiro atoms. The minimum absolute atomic E-state index is 0.652. The summed E-state index contributed by atoms with van der Waals surface area (Å²) in [7, 11) is 0. The number of benzene rings is 1. The zero-order valence-corrected chi connectivity index (χ0v) is 12.8. The van der Waals surface area contributed by atoms with Crippen molar-refractivity contribution in [3.8, 4) is 0 Å². The lowest BCUT2D eigenvalue weighted by atomic mass is 10.2. The molecule has 0 aliphatic heterocycles. The van der Waals surface area contributed by atoms with Gasteiger partial charge in [-0.05, 0) is 28.7 Å². The van der Waals surface area contributed by atoms with Crippen LogP contribution in [0.15, 0.2) is 39.3 Å². The monoisotopic (exact) mass is 308 g/mol. The molecule has 0 saturated carbocycles. The van der Waals surface area contributed by atoms with Gasteiger partial charge in [0.1, 0.15) is 0 Å². The van der Waals surface area contributed by atoms with Crippen molar-refractivity contribution in [1.29, 1.82) is 0 Å². The summed E-state index contributed by atoms with van der Waals surface area (Å²) >= 11 is 5.06. The van der Waals surface area contributed by atoms with Crippen LogP contribution < -0.4 is 0 Å². The first kappa shape index (κ1) is 13.0. The van der Waals surface area contributed by atoms with Gasteiger partial charge in [0, 0.05) is 10.5 Å². The second-order valence-corrected chi connectivity index (χ2v) is 6.64. The van der Waals surface area contributed by atoms with Crippen molar-refractivity contribution < 1.29 is 4.42 Å². The van der Waals surface area contributed by atoms with Gasteiger partial charge in [-0.3, -0.25) is 0 Å². The molecule has 98 valence electrons. The van der Waals surface area contributed by atoms with E-state index in [9.17, 15) is 0 Å². The number of rotatable bonds is 5. The number of hydrogen-bond donors (Lipinski definition) is 0. The molecule has 3 aromatic rings. The molecular weight excluding hydrogens is 296 g/mol. The third kappa shape index (κ3) is 2.96.